The first kappa shape index (κ1) is 15.9. The van der Waals surface area contributed by atoms with E-state index in [-0.39, 0.29) is 23.6 Å². The average Bonchev–Trinajstić information content (AvgIpc) is 2.74. The van der Waals surface area contributed by atoms with Crippen LogP contribution >= 0.6 is 11.8 Å². The standard InChI is InChI=1S/C16H18N2O4S/c1-16(2)12(15(21)22)18-13(20)11(14(18)23-16)17-10(19)8-9-6-4-3-5-7-9/h3-7,11-12,14H,8H2,1-2H3,(H,17,19)(H,21,22)/p-1/t11-,12+,14?/m0/s1. The highest BCUT2D eigenvalue weighted by molar-refractivity contribution is 8.01. The monoisotopic (exact) mass is 333 g/mol. The van der Waals surface area contributed by atoms with Crippen molar-refractivity contribution in [3.8, 4) is 0 Å². The number of nitrogens with zero attached hydrogens (tertiary/aromatic N) is 1. The van der Waals surface area contributed by atoms with Gasteiger partial charge in [-0.25, -0.2) is 0 Å². The lowest BCUT2D eigenvalue weighted by Gasteiger charge is -2.45. The highest BCUT2D eigenvalue weighted by Gasteiger charge is 2.62. The molecule has 1 aromatic carbocycles. The Bertz CT molecular complexity index is 661. The Kier molecular flexibility index (Phi) is 3.83. The Morgan fingerprint density at radius 2 is 1.96 bits per heavy atom. The lowest BCUT2D eigenvalue weighted by Crippen LogP contribution is -2.71. The van der Waals surface area contributed by atoms with Crippen molar-refractivity contribution in [2.24, 2.45) is 0 Å². The minimum absolute atomic E-state index is 0.190. The van der Waals surface area contributed by atoms with Crippen LogP contribution in [0.5, 0.6) is 0 Å². The second-order valence-corrected chi connectivity index (χ2v) is 8.06. The number of aliphatic carboxylic acids is 1. The zero-order valence-corrected chi connectivity index (χ0v) is 13.6. The molecule has 1 aromatic rings. The number of nitrogens with one attached hydrogen (secondary N) is 1. The summed E-state index contributed by atoms with van der Waals surface area (Å²) in [5.74, 6) is -1.86. The number of carbonyl (C=O) groups excluding carboxylic acids is 3. The number of fused-ring (bicyclic) bond motifs is 1. The molecule has 1 N–H and O–H groups in total. The SMILES string of the molecule is CC1(C)SC2[C@@H](NC(=O)Cc3ccccc3)C(=O)N2[C@@H]1C(=O)[O-]. The van der Waals surface area contributed by atoms with Crippen LogP contribution in [0.1, 0.15) is 19.4 Å². The van der Waals surface area contributed by atoms with Gasteiger partial charge in [-0.3, -0.25) is 9.59 Å². The number of thioether (sulfide) groups is 1. The van der Waals surface area contributed by atoms with E-state index >= 15 is 0 Å². The third-order valence-corrected chi connectivity index (χ3v) is 5.76. The highest BCUT2D eigenvalue weighted by atomic mass is 32.2. The van der Waals surface area contributed by atoms with Crippen molar-refractivity contribution in [1.29, 1.82) is 0 Å². The van der Waals surface area contributed by atoms with Gasteiger partial charge in [-0.05, 0) is 19.4 Å². The largest absolute Gasteiger partial charge is 0.548 e. The summed E-state index contributed by atoms with van der Waals surface area (Å²) >= 11 is 1.38. The van der Waals surface area contributed by atoms with Gasteiger partial charge >= 0.3 is 0 Å². The summed E-state index contributed by atoms with van der Waals surface area (Å²) in [6.45, 7) is 3.54. The Labute approximate surface area is 138 Å². The molecule has 2 amide bonds. The molecular weight excluding hydrogens is 316 g/mol. The number of carboxylic acid groups (broad SMARTS) is 1. The quantitative estimate of drug-likeness (QED) is 0.752. The molecule has 2 saturated heterocycles. The van der Waals surface area contributed by atoms with Gasteiger partial charge in [0.15, 0.2) is 0 Å². The van der Waals surface area contributed by atoms with E-state index in [2.05, 4.69) is 5.32 Å². The zero-order valence-electron chi connectivity index (χ0n) is 12.8. The van der Waals surface area contributed by atoms with Crippen molar-refractivity contribution in [3.05, 3.63) is 35.9 Å². The van der Waals surface area contributed by atoms with Gasteiger partial charge in [-0.2, -0.15) is 0 Å². The number of benzene rings is 1. The molecule has 2 fully saturated rings. The zero-order chi connectivity index (χ0) is 16.8. The van der Waals surface area contributed by atoms with Crippen molar-refractivity contribution >= 4 is 29.5 Å². The number of hydrogen-bond acceptors (Lipinski definition) is 5. The van der Waals surface area contributed by atoms with E-state index in [1.54, 1.807) is 13.8 Å². The van der Waals surface area contributed by atoms with Crippen molar-refractivity contribution in [3.63, 3.8) is 0 Å². The van der Waals surface area contributed by atoms with Crippen molar-refractivity contribution in [2.45, 2.75) is 42.5 Å². The summed E-state index contributed by atoms with van der Waals surface area (Å²) < 4.78 is -0.641. The molecule has 23 heavy (non-hydrogen) atoms. The first-order valence-corrected chi connectivity index (χ1v) is 8.23. The number of carboxylic acids is 1. The van der Waals surface area contributed by atoms with Gasteiger partial charge in [-0.15, -0.1) is 11.8 Å². The van der Waals surface area contributed by atoms with E-state index in [0.717, 1.165) is 5.56 Å². The maximum absolute atomic E-state index is 12.2. The van der Waals surface area contributed by atoms with Crippen LogP contribution < -0.4 is 10.4 Å². The molecule has 0 saturated carbocycles. The van der Waals surface area contributed by atoms with Gasteiger partial charge in [0, 0.05) is 4.75 Å². The second-order valence-electron chi connectivity index (χ2n) is 6.29. The summed E-state index contributed by atoms with van der Waals surface area (Å²) in [5, 5.41) is 13.7. The number of rotatable bonds is 4. The molecule has 3 atom stereocenters. The summed E-state index contributed by atoms with van der Waals surface area (Å²) in [6.07, 6.45) is 0.190. The second kappa shape index (κ2) is 5.56. The Balaban J connectivity index is 1.66. The third-order valence-electron chi connectivity index (χ3n) is 4.19. The molecule has 0 radical (unpaired) electrons. The van der Waals surface area contributed by atoms with Gasteiger partial charge in [-0.1, -0.05) is 30.3 Å². The smallest absolute Gasteiger partial charge is 0.249 e. The topological polar surface area (TPSA) is 89.5 Å². The number of β-lactam (4-membered cyclic amide) rings is 1. The van der Waals surface area contributed by atoms with Crippen molar-refractivity contribution in [2.75, 3.05) is 0 Å². The molecule has 1 unspecified atom stereocenters. The van der Waals surface area contributed by atoms with Crippen molar-refractivity contribution in [1.82, 2.24) is 10.2 Å². The predicted octanol–water partition coefficient (Wildman–Crippen LogP) is -0.474. The maximum Gasteiger partial charge on any atom is 0.249 e. The van der Waals surface area contributed by atoms with Crippen LogP contribution in [0, 0.1) is 0 Å². The summed E-state index contributed by atoms with van der Waals surface area (Å²) in [4.78, 5) is 37.0. The molecule has 0 spiro atoms. The average molecular weight is 333 g/mol. The number of carbonyl (C=O) groups is 3. The molecule has 0 aromatic heterocycles. The molecule has 122 valence electrons. The van der Waals surface area contributed by atoms with E-state index in [1.165, 1.54) is 16.7 Å². The van der Waals surface area contributed by atoms with Crippen LogP contribution in [-0.4, -0.2) is 44.9 Å². The molecular formula is C16H17N2O4S-. The molecule has 0 bridgehead atoms. The number of amides is 2. The lowest BCUT2D eigenvalue weighted by atomic mass is 9.96. The van der Waals surface area contributed by atoms with Crippen molar-refractivity contribution < 1.29 is 19.5 Å². The van der Waals surface area contributed by atoms with E-state index in [4.69, 9.17) is 0 Å². The van der Waals surface area contributed by atoms with E-state index in [1.807, 2.05) is 30.3 Å². The van der Waals surface area contributed by atoms with Crippen LogP contribution in [0.15, 0.2) is 30.3 Å². The van der Waals surface area contributed by atoms with E-state index in [0.29, 0.717) is 0 Å². The summed E-state index contributed by atoms with van der Waals surface area (Å²) in [5.41, 5.74) is 0.862. The molecule has 2 heterocycles. The van der Waals surface area contributed by atoms with Gasteiger partial charge < -0.3 is 20.1 Å². The molecule has 2 aliphatic rings. The first-order chi connectivity index (χ1) is 10.8. The van der Waals surface area contributed by atoms with Crippen LogP contribution in [0.2, 0.25) is 0 Å². The normalized spacial score (nSPS) is 28.0. The molecule has 6 nitrogen and oxygen atoms in total. The predicted molar refractivity (Wildman–Crippen MR) is 83.2 cm³/mol. The summed E-state index contributed by atoms with van der Waals surface area (Å²) in [6, 6.07) is 7.61. The Hall–Kier alpha value is -2.02. The van der Waals surface area contributed by atoms with Gasteiger partial charge in [0.2, 0.25) is 11.8 Å². The fourth-order valence-corrected chi connectivity index (χ4v) is 4.75. The fourth-order valence-electron chi connectivity index (χ4n) is 3.13. The van der Waals surface area contributed by atoms with E-state index < -0.39 is 22.8 Å². The van der Waals surface area contributed by atoms with Crippen LogP contribution in [-0.2, 0) is 20.8 Å². The fraction of sp³-hybridized carbons (Fsp3) is 0.438. The minimum atomic E-state index is -1.26. The summed E-state index contributed by atoms with van der Waals surface area (Å²) in [7, 11) is 0. The number of hydrogen-bond donors (Lipinski definition) is 1. The lowest BCUT2D eigenvalue weighted by molar-refractivity contribution is -0.312. The Morgan fingerprint density at radius 1 is 1.30 bits per heavy atom. The van der Waals surface area contributed by atoms with Crippen LogP contribution in [0.25, 0.3) is 0 Å². The molecule has 7 heteroatoms. The van der Waals surface area contributed by atoms with Gasteiger partial charge in [0.05, 0.1) is 18.4 Å². The maximum atomic E-state index is 12.2. The van der Waals surface area contributed by atoms with Crippen LogP contribution in [0.4, 0.5) is 0 Å². The van der Waals surface area contributed by atoms with Crippen LogP contribution in [0.3, 0.4) is 0 Å². The molecule has 3 rings (SSSR count). The van der Waals surface area contributed by atoms with E-state index in [9.17, 15) is 19.5 Å². The molecule has 0 aliphatic carbocycles. The Morgan fingerprint density at radius 3 is 2.57 bits per heavy atom. The minimum Gasteiger partial charge on any atom is -0.548 e. The van der Waals surface area contributed by atoms with Gasteiger partial charge in [0.25, 0.3) is 0 Å². The molecule has 2 aliphatic heterocycles. The highest BCUT2D eigenvalue weighted by Crippen LogP contribution is 2.50. The first-order valence-electron chi connectivity index (χ1n) is 7.35. The van der Waals surface area contributed by atoms with Gasteiger partial charge in [0.1, 0.15) is 11.4 Å². The third kappa shape index (κ3) is 2.69.